The Labute approximate surface area is 168 Å². The van der Waals surface area contributed by atoms with Crippen LogP contribution in [0.1, 0.15) is 35.0 Å². The SMILES string of the molecule is CCc1cnc2c(-c3cc(C(=O)NC4NCCCC4(F)F)sc3Cl)cnn2c1. The van der Waals surface area contributed by atoms with E-state index in [1.165, 1.54) is 0 Å². The van der Waals surface area contributed by atoms with Crippen LogP contribution < -0.4 is 10.6 Å². The van der Waals surface area contributed by atoms with Crippen molar-refractivity contribution in [2.75, 3.05) is 6.54 Å². The number of fused-ring (bicyclic) bond motifs is 1. The second-order valence-corrected chi connectivity index (χ2v) is 8.32. The Morgan fingerprint density at radius 1 is 1.46 bits per heavy atom. The molecule has 0 radical (unpaired) electrons. The van der Waals surface area contributed by atoms with Gasteiger partial charge >= 0.3 is 0 Å². The van der Waals surface area contributed by atoms with Gasteiger partial charge in [0.15, 0.2) is 5.65 Å². The minimum atomic E-state index is -2.98. The highest BCUT2D eigenvalue weighted by atomic mass is 35.5. The molecule has 1 saturated heterocycles. The number of amides is 1. The maximum Gasteiger partial charge on any atom is 0.281 e. The van der Waals surface area contributed by atoms with Crippen LogP contribution >= 0.6 is 22.9 Å². The molecule has 10 heteroatoms. The molecule has 6 nitrogen and oxygen atoms in total. The summed E-state index contributed by atoms with van der Waals surface area (Å²) >= 11 is 7.39. The third kappa shape index (κ3) is 3.49. The zero-order valence-corrected chi connectivity index (χ0v) is 16.6. The molecule has 2 N–H and O–H groups in total. The Hall–Kier alpha value is -2.10. The molecule has 4 heterocycles. The first-order chi connectivity index (χ1) is 13.4. The van der Waals surface area contributed by atoms with Gasteiger partial charge in [0.25, 0.3) is 11.8 Å². The van der Waals surface area contributed by atoms with E-state index in [1.54, 1.807) is 23.0 Å². The van der Waals surface area contributed by atoms with E-state index in [0.29, 0.717) is 34.1 Å². The van der Waals surface area contributed by atoms with Crippen molar-refractivity contribution in [3.8, 4) is 11.1 Å². The van der Waals surface area contributed by atoms with E-state index in [1.807, 2.05) is 13.1 Å². The molecule has 1 aliphatic rings. The highest BCUT2D eigenvalue weighted by Crippen LogP contribution is 2.37. The smallest absolute Gasteiger partial charge is 0.281 e. The molecule has 0 bridgehead atoms. The molecule has 28 heavy (non-hydrogen) atoms. The van der Waals surface area contributed by atoms with Crippen molar-refractivity contribution in [2.24, 2.45) is 0 Å². The molecule has 3 aromatic rings. The van der Waals surface area contributed by atoms with Crippen LogP contribution in [0.15, 0.2) is 24.7 Å². The first-order valence-corrected chi connectivity index (χ1v) is 10.1. The maximum absolute atomic E-state index is 14.0. The fourth-order valence-corrected chi connectivity index (χ4v) is 4.38. The Kier molecular flexibility index (Phi) is 5.07. The Morgan fingerprint density at radius 2 is 2.29 bits per heavy atom. The average molecular weight is 426 g/mol. The number of aryl methyl sites for hydroxylation is 1. The summed E-state index contributed by atoms with van der Waals surface area (Å²) in [6.45, 7) is 2.46. The summed E-state index contributed by atoms with van der Waals surface area (Å²) in [5.41, 5.74) is 2.94. The Bertz CT molecular complexity index is 1030. The van der Waals surface area contributed by atoms with Crippen LogP contribution in [-0.2, 0) is 6.42 Å². The number of hydrogen-bond donors (Lipinski definition) is 2. The molecular formula is C18H18ClF2N5OS. The molecule has 0 spiro atoms. The van der Waals surface area contributed by atoms with Crippen molar-refractivity contribution in [1.82, 2.24) is 25.2 Å². The zero-order chi connectivity index (χ0) is 19.9. The number of rotatable bonds is 4. The standard InChI is InChI=1S/C18H18ClF2N5OS/c1-2-10-7-23-15-12(8-24-26(15)9-10)11-6-13(28-14(11)19)16(27)25-17-18(20,21)4-3-5-22-17/h6-9,17,22H,2-5H2,1H3,(H,25,27). The zero-order valence-electron chi connectivity index (χ0n) is 15.0. The number of alkyl halides is 2. The molecule has 0 aromatic carbocycles. The van der Waals surface area contributed by atoms with Gasteiger partial charge in [0.05, 0.1) is 11.1 Å². The summed E-state index contributed by atoms with van der Waals surface area (Å²) < 4.78 is 30.0. The lowest BCUT2D eigenvalue weighted by Gasteiger charge is -2.32. The van der Waals surface area contributed by atoms with Crippen molar-refractivity contribution in [3.63, 3.8) is 0 Å². The number of aromatic nitrogens is 3. The number of nitrogens with zero attached hydrogens (tertiary/aromatic N) is 3. The van der Waals surface area contributed by atoms with E-state index in [9.17, 15) is 13.6 Å². The third-order valence-electron chi connectivity index (χ3n) is 4.75. The van der Waals surface area contributed by atoms with Crippen molar-refractivity contribution >= 4 is 34.5 Å². The lowest BCUT2D eigenvalue weighted by Crippen LogP contribution is -2.59. The van der Waals surface area contributed by atoms with Gasteiger partial charge in [-0.05, 0) is 31.0 Å². The third-order valence-corrected chi connectivity index (χ3v) is 6.11. The number of nitrogens with one attached hydrogen (secondary N) is 2. The molecule has 3 aromatic heterocycles. The molecule has 1 fully saturated rings. The van der Waals surface area contributed by atoms with Crippen molar-refractivity contribution in [3.05, 3.63) is 39.4 Å². The summed E-state index contributed by atoms with van der Waals surface area (Å²) in [6.07, 6.45) is 4.85. The molecule has 1 aliphatic heterocycles. The number of carbonyl (C=O) groups excluding carboxylic acids is 1. The van der Waals surface area contributed by atoms with Crippen LogP contribution in [0.4, 0.5) is 8.78 Å². The largest absolute Gasteiger partial charge is 0.330 e. The van der Waals surface area contributed by atoms with Gasteiger partial charge in [-0.25, -0.2) is 18.3 Å². The Morgan fingerprint density at radius 3 is 3.04 bits per heavy atom. The molecule has 1 atom stereocenters. The molecule has 4 rings (SSSR count). The monoisotopic (exact) mass is 425 g/mol. The van der Waals surface area contributed by atoms with Gasteiger partial charge < -0.3 is 5.32 Å². The number of hydrogen-bond acceptors (Lipinski definition) is 5. The number of thiophene rings is 1. The van der Waals surface area contributed by atoms with Gasteiger partial charge in [-0.15, -0.1) is 11.3 Å². The predicted octanol–water partition coefficient (Wildman–Crippen LogP) is 3.75. The second-order valence-electron chi connectivity index (χ2n) is 6.67. The quantitative estimate of drug-likeness (QED) is 0.667. The van der Waals surface area contributed by atoms with Crippen molar-refractivity contribution in [2.45, 2.75) is 38.3 Å². The summed E-state index contributed by atoms with van der Waals surface area (Å²) in [7, 11) is 0. The lowest BCUT2D eigenvalue weighted by atomic mass is 10.1. The van der Waals surface area contributed by atoms with E-state index in [0.717, 1.165) is 23.3 Å². The van der Waals surface area contributed by atoms with Gasteiger partial charge in [0.2, 0.25) is 0 Å². The predicted molar refractivity (Wildman–Crippen MR) is 104 cm³/mol. The van der Waals surface area contributed by atoms with Crippen LogP contribution in [0.2, 0.25) is 4.34 Å². The summed E-state index contributed by atoms with van der Waals surface area (Å²) in [4.78, 5) is 17.2. The van der Waals surface area contributed by atoms with Gasteiger partial charge in [-0.3, -0.25) is 10.1 Å². The minimum Gasteiger partial charge on any atom is -0.330 e. The van der Waals surface area contributed by atoms with E-state index in [-0.39, 0.29) is 11.3 Å². The van der Waals surface area contributed by atoms with Crippen LogP contribution in [0.5, 0.6) is 0 Å². The molecule has 148 valence electrons. The molecule has 1 unspecified atom stereocenters. The Balaban J connectivity index is 1.61. The van der Waals surface area contributed by atoms with Gasteiger partial charge in [0.1, 0.15) is 10.5 Å². The average Bonchev–Trinajstić information content (AvgIpc) is 3.25. The minimum absolute atomic E-state index is 0.255. The van der Waals surface area contributed by atoms with E-state index in [2.05, 4.69) is 20.7 Å². The van der Waals surface area contributed by atoms with Crippen molar-refractivity contribution < 1.29 is 13.6 Å². The second kappa shape index (κ2) is 7.38. The molecule has 0 saturated carbocycles. The van der Waals surface area contributed by atoms with E-state index >= 15 is 0 Å². The van der Waals surface area contributed by atoms with Crippen LogP contribution in [0.25, 0.3) is 16.8 Å². The van der Waals surface area contributed by atoms with Crippen LogP contribution in [0, 0.1) is 0 Å². The van der Waals surface area contributed by atoms with Gasteiger partial charge in [0, 0.05) is 29.9 Å². The fraction of sp³-hybridized carbons (Fsp3) is 0.389. The van der Waals surface area contributed by atoms with Gasteiger partial charge in [-0.1, -0.05) is 18.5 Å². The van der Waals surface area contributed by atoms with Gasteiger partial charge in [-0.2, -0.15) is 5.10 Å². The molecule has 0 aliphatic carbocycles. The summed E-state index contributed by atoms with van der Waals surface area (Å²) in [6, 6.07) is 1.59. The molecular weight excluding hydrogens is 408 g/mol. The number of piperidine rings is 1. The topological polar surface area (TPSA) is 71.3 Å². The highest BCUT2D eigenvalue weighted by molar-refractivity contribution is 7.18. The van der Waals surface area contributed by atoms with E-state index in [4.69, 9.17) is 11.6 Å². The first kappa shape index (κ1) is 19.2. The number of carbonyl (C=O) groups is 1. The normalized spacial score (nSPS) is 19.1. The summed E-state index contributed by atoms with van der Waals surface area (Å²) in [5, 5.41) is 9.34. The summed E-state index contributed by atoms with van der Waals surface area (Å²) in [5.74, 6) is -3.57. The van der Waals surface area contributed by atoms with Crippen LogP contribution in [0.3, 0.4) is 0 Å². The highest BCUT2D eigenvalue weighted by Gasteiger charge is 2.42. The lowest BCUT2D eigenvalue weighted by molar-refractivity contribution is -0.0682. The first-order valence-electron chi connectivity index (χ1n) is 8.93. The maximum atomic E-state index is 14.0. The number of halogens is 3. The fourth-order valence-electron chi connectivity index (χ4n) is 3.17. The molecule has 1 amide bonds. The van der Waals surface area contributed by atoms with E-state index < -0.39 is 18.0 Å². The van der Waals surface area contributed by atoms with Crippen LogP contribution in [-0.4, -0.2) is 39.1 Å². The van der Waals surface area contributed by atoms with Crippen molar-refractivity contribution in [1.29, 1.82) is 0 Å².